The minimum absolute atomic E-state index is 0.0488. The molecule has 2 aliphatic heterocycles. The molecule has 0 aliphatic carbocycles. The SMILES string of the molecule is CCCS(=O)(=O)N1CCCCC1C(=O)Nc1ccc(C(=O)N2CCc3ccccc32)cc1. The van der Waals surface area contributed by atoms with Crippen molar-refractivity contribution in [2.45, 2.75) is 45.1 Å². The van der Waals surface area contributed by atoms with E-state index in [1.54, 1.807) is 29.2 Å². The summed E-state index contributed by atoms with van der Waals surface area (Å²) in [5.74, 6) is -0.346. The zero-order chi connectivity index (χ0) is 22.7. The van der Waals surface area contributed by atoms with E-state index in [-0.39, 0.29) is 17.6 Å². The molecular weight excluding hydrogens is 426 g/mol. The Bertz CT molecular complexity index is 1100. The Kier molecular flexibility index (Phi) is 6.62. The predicted octanol–water partition coefficient (Wildman–Crippen LogP) is 3.42. The maximum atomic E-state index is 13.0. The van der Waals surface area contributed by atoms with Crippen LogP contribution in [-0.2, 0) is 21.2 Å². The lowest BCUT2D eigenvalue weighted by Gasteiger charge is -2.33. The molecule has 8 heteroatoms. The zero-order valence-electron chi connectivity index (χ0n) is 18.3. The fourth-order valence-corrected chi connectivity index (χ4v) is 6.25. The molecule has 1 unspecified atom stereocenters. The van der Waals surface area contributed by atoms with E-state index in [2.05, 4.69) is 5.32 Å². The third kappa shape index (κ3) is 4.56. The summed E-state index contributed by atoms with van der Waals surface area (Å²) in [7, 11) is -3.45. The Morgan fingerprint density at radius 1 is 1.03 bits per heavy atom. The monoisotopic (exact) mass is 455 g/mol. The van der Waals surface area contributed by atoms with Crippen LogP contribution in [0.3, 0.4) is 0 Å². The van der Waals surface area contributed by atoms with Crippen molar-refractivity contribution in [1.82, 2.24) is 4.31 Å². The van der Waals surface area contributed by atoms with Crippen LogP contribution < -0.4 is 10.2 Å². The average molecular weight is 456 g/mol. The maximum Gasteiger partial charge on any atom is 0.258 e. The van der Waals surface area contributed by atoms with Crippen molar-refractivity contribution in [2.75, 3.05) is 29.1 Å². The second kappa shape index (κ2) is 9.42. The van der Waals surface area contributed by atoms with Crippen molar-refractivity contribution < 1.29 is 18.0 Å². The number of nitrogens with one attached hydrogen (secondary N) is 1. The van der Waals surface area contributed by atoms with Crippen LogP contribution in [0.4, 0.5) is 11.4 Å². The van der Waals surface area contributed by atoms with Gasteiger partial charge in [-0.1, -0.05) is 31.5 Å². The summed E-state index contributed by atoms with van der Waals surface area (Å²) in [5, 5.41) is 2.84. The number of nitrogens with zero attached hydrogens (tertiary/aromatic N) is 2. The lowest BCUT2D eigenvalue weighted by molar-refractivity contribution is -0.120. The Balaban J connectivity index is 1.44. The number of para-hydroxylation sites is 1. The molecule has 1 atom stereocenters. The minimum atomic E-state index is -3.45. The highest BCUT2D eigenvalue weighted by Crippen LogP contribution is 2.29. The van der Waals surface area contributed by atoms with Crippen molar-refractivity contribution in [2.24, 2.45) is 0 Å². The van der Waals surface area contributed by atoms with Crippen LogP contribution in [0.25, 0.3) is 0 Å². The van der Waals surface area contributed by atoms with Crippen molar-refractivity contribution in [3.63, 3.8) is 0 Å². The van der Waals surface area contributed by atoms with Crippen molar-refractivity contribution in [3.8, 4) is 0 Å². The average Bonchev–Trinajstić information content (AvgIpc) is 3.23. The molecule has 2 heterocycles. The largest absolute Gasteiger partial charge is 0.325 e. The summed E-state index contributed by atoms with van der Waals surface area (Å²) in [5.41, 5.74) is 3.21. The number of hydrogen-bond acceptors (Lipinski definition) is 4. The lowest BCUT2D eigenvalue weighted by atomic mass is 10.0. The highest BCUT2D eigenvalue weighted by Gasteiger charge is 2.36. The zero-order valence-corrected chi connectivity index (χ0v) is 19.1. The van der Waals surface area contributed by atoms with Gasteiger partial charge in [-0.3, -0.25) is 9.59 Å². The molecule has 2 amide bonds. The topological polar surface area (TPSA) is 86.8 Å². The molecule has 2 aliphatic rings. The normalized spacial score (nSPS) is 18.9. The number of carbonyl (C=O) groups is 2. The van der Waals surface area contributed by atoms with Crippen LogP contribution in [0.15, 0.2) is 48.5 Å². The molecular formula is C24H29N3O4S. The highest BCUT2D eigenvalue weighted by molar-refractivity contribution is 7.89. The van der Waals surface area contributed by atoms with E-state index >= 15 is 0 Å². The highest BCUT2D eigenvalue weighted by atomic mass is 32.2. The molecule has 1 saturated heterocycles. The van der Waals surface area contributed by atoms with E-state index < -0.39 is 16.1 Å². The van der Waals surface area contributed by atoms with Crippen LogP contribution in [-0.4, -0.2) is 49.4 Å². The molecule has 32 heavy (non-hydrogen) atoms. The van der Waals surface area contributed by atoms with Gasteiger partial charge in [0.2, 0.25) is 15.9 Å². The van der Waals surface area contributed by atoms with Gasteiger partial charge in [0.15, 0.2) is 0 Å². The molecule has 0 radical (unpaired) electrons. The van der Waals surface area contributed by atoms with E-state index in [1.807, 2.05) is 31.2 Å². The van der Waals surface area contributed by atoms with Crippen LogP contribution in [0.2, 0.25) is 0 Å². The first-order valence-electron chi connectivity index (χ1n) is 11.2. The molecule has 7 nitrogen and oxygen atoms in total. The number of carbonyl (C=O) groups excluding carboxylic acids is 2. The van der Waals surface area contributed by atoms with E-state index in [1.165, 1.54) is 9.87 Å². The van der Waals surface area contributed by atoms with E-state index in [0.29, 0.717) is 37.2 Å². The van der Waals surface area contributed by atoms with Gasteiger partial charge in [0.25, 0.3) is 5.91 Å². The second-order valence-electron chi connectivity index (χ2n) is 8.34. The van der Waals surface area contributed by atoms with Crippen LogP contribution in [0.5, 0.6) is 0 Å². The van der Waals surface area contributed by atoms with E-state index in [9.17, 15) is 18.0 Å². The van der Waals surface area contributed by atoms with E-state index in [4.69, 9.17) is 0 Å². The number of anilines is 2. The Morgan fingerprint density at radius 3 is 2.53 bits per heavy atom. The van der Waals surface area contributed by atoms with Crippen LogP contribution >= 0.6 is 0 Å². The van der Waals surface area contributed by atoms with Crippen LogP contribution in [0.1, 0.15) is 48.5 Å². The Morgan fingerprint density at radius 2 is 1.78 bits per heavy atom. The number of sulfonamides is 1. The van der Waals surface area contributed by atoms with E-state index in [0.717, 1.165) is 24.9 Å². The second-order valence-corrected chi connectivity index (χ2v) is 10.4. The van der Waals surface area contributed by atoms with Gasteiger partial charge in [0.05, 0.1) is 5.75 Å². The molecule has 0 saturated carbocycles. The fourth-order valence-electron chi connectivity index (χ4n) is 4.50. The molecule has 1 N–H and O–H groups in total. The molecule has 0 bridgehead atoms. The molecule has 0 aromatic heterocycles. The number of benzene rings is 2. The van der Waals surface area contributed by atoms with Gasteiger partial charge in [-0.05, 0) is 61.6 Å². The Labute approximate surface area is 189 Å². The molecule has 4 rings (SSSR count). The Hall–Kier alpha value is -2.71. The number of piperidine rings is 1. The van der Waals surface area contributed by atoms with Gasteiger partial charge >= 0.3 is 0 Å². The van der Waals surface area contributed by atoms with Crippen molar-refractivity contribution in [3.05, 3.63) is 59.7 Å². The summed E-state index contributed by atoms with van der Waals surface area (Å²) >= 11 is 0. The predicted molar refractivity (Wildman–Crippen MR) is 125 cm³/mol. The maximum absolute atomic E-state index is 13.0. The van der Waals surface area contributed by atoms with Gasteiger partial charge in [0.1, 0.15) is 6.04 Å². The van der Waals surface area contributed by atoms with Crippen molar-refractivity contribution in [1.29, 1.82) is 0 Å². The van der Waals surface area contributed by atoms with Gasteiger partial charge in [-0.25, -0.2) is 8.42 Å². The third-order valence-electron chi connectivity index (χ3n) is 6.11. The van der Waals surface area contributed by atoms with Gasteiger partial charge in [-0.2, -0.15) is 4.31 Å². The molecule has 1 fully saturated rings. The third-order valence-corrected chi connectivity index (χ3v) is 8.18. The number of rotatable bonds is 6. The number of hydrogen-bond donors (Lipinski definition) is 1. The number of amides is 2. The first-order chi connectivity index (χ1) is 15.4. The summed E-state index contributed by atoms with van der Waals surface area (Å²) in [6.07, 6.45) is 3.46. The summed E-state index contributed by atoms with van der Waals surface area (Å²) in [6, 6.07) is 14.0. The molecule has 170 valence electrons. The fraction of sp³-hybridized carbons (Fsp3) is 0.417. The number of fused-ring (bicyclic) bond motifs is 1. The summed E-state index contributed by atoms with van der Waals surface area (Å²) in [4.78, 5) is 27.7. The summed E-state index contributed by atoms with van der Waals surface area (Å²) in [6.45, 7) is 2.85. The first-order valence-corrected chi connectivity index (χ1v) is 12.8. The lowest BCUT2D eigenvalue weighted by Crippen LogP contribution is -2.50. The molecule has 2 aromatic rings. The van der Waals surface area contributed by atoms with Gasteiger partial charge in [0, 0.05) is 30.0 Å². The quantitative estimate of drug-likeness (QED) is 0.723. The van der Waals surface area contributed by atoms with Crippen molar-refractivity contribution >= 4 is 33.2 Å². The van der Waals surface area contributed by atoms with Gasteiger partial charge in [-0.15, -0.1) is 0 Å². The summed E-state index contributed by atoms with van der Waals surface area (Å²) < 4.78 is 26.5. The molecule has 0 spiro atoms. The smallest absolute Gasteiger partial charge is 0.258 e. The standard InChI is InChI=1S/C24H29N3O4S/c1-2-17-32(30,31)27-15-6-5-9-22(27)23(28)25-20-12-10-19(11-13-20)24(29)26-16-14-18-7-3-4-8-21(18)26/h3-4,7-8,10-13,22H,2,5-6,9,14-17H2,1H3,(H,25,28). The minimum Gasteiger partial charge on any atom is -0.325 e. The molecule has 2 aromatic carbocycles. The van der Waals surface area contributed by atoms with Crippen LogP contribution in [0, 0.1) is 0 Å². The van der Waals surface area contributed by atoms with Gasteiger partial charge < -0.3 is 10.2 Å². The first kappa shape index (κ1) is 22.5.